The van der Waals surface area contributed by atoms with Crippen molar-refractivity contribution in [3.8, 4) is 5.69 Å². The molecule has 0 unspecified atom stereocenters. The first kappa shape index (κ1) is 5.58. The van der Waals surface area contributed by atoms with Crippen molar-refractivity contribution < 1.29 is 26.5 Å². The first-order valence-corrected chi connectivity index (χ1v) is 6.23. The summed E-state index contributed by atoms with van der Waals surface area (Å²) in [6, 6.07) is -8.55. The molecule has 0 aliphatic carbocycles. The van der Waals surface area contributed by atoms with E-state index in [0.717, 1.165) is 4.57 Å². The van der Waals surface area contributed by atoms with Gasteiger partial charge in [-0.2, -0.15) is 0 Å². The summed E-state index contributed by atoms with van der Waals surface area (Å²) in [4.78, 5) is 0. The van der Waals surface area contributed by atoms with E-state index in [0.29, 0.717) is 0 Å². The summed E-state index contributed by atoms with van der Waals surface area (Å²) in [5.74, 6) is 0. The molecule has 3 aromatic carbocycles. The van der Waals surface area contributed by atoms with Gasteiger partial charge in [0.1, 0.15) is 0 Å². The summed E-state index contributed by atoms with van der Waals surface area (Å²) in [5.41, 5.74) is -2.11. The third-order valence-corrected chi connectivity index (χ3v) is 3.15. The van der Waals surface area contributed by atoms with E-state index in [-0.39, 0.29) is 21.8 Å². The van der Waals surface area contributed by atoms with Gasteiger partial charge in [-0.1, -0.05) is 48.3 Å². The van der Waals surface area contributed by atoms with Crippen LogP contribution in [-0.2, 0) is 0 Å². The van der Waals surface area contributed by atoms with Crippen LogP contribution in [0.5, 0.6) is 0 Å². The molecule has 2 N–H and O–H groups in total. The molecule has 0 spiro atoms. The number of aromatic nitrogens is 1. The fourth-order valence-electron chi connectivity index (χ4n) is 2.23. The molecular weight excluding hydrogens is 273 g/mol. The average Bonchev–Trinajstić information content (AvgIpc) is 3.13. The standard InChI is InChI=1S/C18H14BNO2/c21-19(22)13-6-5-7-14(12-13)20-17-10-3-1-8-15(17)16-9-2-4-11-18(16)20/h1-12,21-22H/i1D,2D,3D,4D,5D,6D,7D,8D,9D,10D,11D,12D. The molecule has 0 atom stereocenters. The molecule has 3 nitrogen and oxygen atoms in total. The highest BCUT2D eigenvalue weighted by atomic mass is 16.4. The van der Waals surface area contributed by atoms with Crippen LogP contribution < -0.4 is 5.46 Å². The van der Waals surface area contributed by atoms with E-state index in [2.05, 4.69) is 0 Å². The predicted molar refractivity (Wildman–Crippen MR) is 90.6 cm³/mol. The quantitative estimate of drug-likeness (QED) is 0.559. The average molecular weight is 299 g/mol. The first-order valence-electron chi connectivity index (χ1n) is 12.2. The molecule has 0 aliphatic rings. The smallest absolute Gasteiger partial charge is 0.423 e. The molecule has 0 radical (unpaired) electrons. The van der Waals surface area contributed by atoms with Gasteiger partial charge in [0, 0.05) is 16.5 Å². The van der Waals surface area contributed by atoms with Gasteiger partial charge in [-0.3, -0.25) is 0 Å². The zero-order valence-corrected chi connectivity index (χ0v) is 10.9. The van der Waals surface area contributed by atoms with Crippen molar-refractivity contribution in [3.63, 3.8) is 0 Å². The normalized spacial score (nSPS) is 18.8. The highest BCUT2D eigenvalue weighted by molar-refractivity contribution is 6.58. The van der Waals surface area contributed by atoms with Gasteiger partial charge in [0.2, 0.25) is 0 Å². The van der Waals surface area contributed by atoms with Gasteiger partial charge < -0.3 is 14.6 Å². The van der Waals surface area contributed by atoms with Crippen LogP contribution in [0.3, 0.4) is 0 Å². The molecule has 0 saturated heterocycles. The first-order chi connectivity index (χ1) is 15.7. The van der Waals surface area contributed by atoms with Crippen molar-refractivity contribution in [1.82, 2.24) is 4.57 Å². The largest absolute Gasteiger partial charge is 0.488 e. The van der Waals surface area contributed by atoms with E-state index in [1.165, 1.54) is 0 Å². The van der Waals surface area contributed by atoms with E-state index in [1.807, 2.05) is 0 Å². The molecule has 0 saturated carbocycles. The number of para-hydroxylation sites is 2. The Hall–Kier alpha value is -2.56. The monoisotopic (exact) mass is 299 g/mol. The van der Waals surface area contributed by atoms with Crippen molar-refractivity contribution >= 4 is 34.4 Å². The summed E-state index contributed by atoms with van der Waals surface area (Å²) in [5, 5.41) is 18.9. The summed E-state index contributed by atoms with van der Waals surface area (Å²) in [7, 11) is -2.39. The lowest BCUT2D eigenvalue weighted by atomic mass is 9.80. The molecular formula is C18H14BNO2. The lowest BCUT2D eigenvalue weighted by Gasteiger charge is -2.09. The summed E-state index contributed by atoms with van der Waals surface area (Å²) in [6.45, 7) is 0. The van der Waals surface area contributed by atoms with Crippen LogP contribution in [0.4, 0.5) is 0 Å². The molecule has 1 heterocycles. The maximum atomic E-state index is 9.73. The Morgan fingerprint density at radius 2 is 1.36 bits per heavy atom. The molecule has 1 aromatic heterocycles. The second-order valence-electron chi connectivity index (χ2n) is 4.42. The Morgan fingerprint density at radius 1 is 0.773 bits per heavy atom. The van der Waals surface area contributed by atoms with E-state index in [4.69, 9.17) is 16.4 Å². The van der Waals surface area contributed by atoms with Gasteiger partial charge >= 0.3 is 7.12 Å². The zero-order chi connectivity index (χ0) is 25.5. The zero-order valence-electron chi connectivity index (χ0n) is 22.9. The van der Waals surface area contributed by atoms with Crippen molar-refractivity contribution in [1.29, 1.82) is 0 Å². The van der Waals surface area contributed by atoms with Crippen molar-refractivity contribution in [2.24, 2.45) is 0 Å². The maximum absolute atomic E-state index is 9.73. The van der Waals surface area contributed by atoms with Crippen molar-refractivity contribution in [2.75, 3.05) is 0 Å². The lowest BCUT2D eigenvalue weighted by molar-refractivity contribution is 0.426. The molecule has 4 rings (SSSR count). The van der Waals surface area contributed by atoms with Gasteiger partial charge in [-0.15, -0.1) is 0 Å². The Balaban J connectivity index is 2.48. The summed E-state index contributed by atoms with van der Waals surface area (Å²) >= 11 is 0. The van der Waals surface area contributed by atoms with Gasteiger partial charge in [-0.05, 0) is 29.6 Å². The predicted octanol–water partition coefficient (Wildman–Crippen LogP) is 2.46. The molecule has 4 aromatic rings. The highest BCUT2D eigenvalue weighted by Gasteiger charge is 2.14. The number of hydrogen-bond acceptors (Lipinski definition) is 2. The third-order valence-electron chi connectivity index (χ3n) is 3.15. The Labute approximate surface area is 145 Å². The second kappa shape index (κ2) is 5.02. The Morgan fingerprint density at radius 3 is 1.95 bits per heavy atom. The van der Waals surface area contributed by atoms with Gasteiger partial charge in [-0.25, -0.2) is 0 Å². The molecule has 0 amide bonds. The van der Waals surface area contributed by atoms with Crippen LogP contribution in [0.1, 0.15) is 16.4 Å². The fourth-order valence-corrected chi connectivity index (χ4v) is 2.23. The van der Waals surface area contributed by atoms with Gasteiger partial charge in [0.15, 0.2) is 0 Å². The van der Waals surface area contributed by atoms with Crippen molar-refractivity contribution in [3.05, 3.63) is 72.5 Å². The number of hydrogen-bond donors (Lipinski definition) is 2. The van der Waals surface area contributed by atoms with E-state index < -0.39 is 90.8 Å². The molecule has 0 aliphatic heterocycles. The van der Waals surface area contributed by atoms with Crippen molar-refractivity contribution in [2.45, 2.75) is 0 Å². The molecule has 4 heteroatoms. The summed E-state index contributed by atoms with van der Waals surface area (Å²) in [6.07, 6.45) is 0. The van der Waals surface area contributed by atoms with Crippen LogP contribution in [0.2, 0.25) is 0 Å². The second-order valence-corrected chi connectivity index (χ2v) is 4.42. The summed E-state index contributed by atoms with van der Waals surface area (Å²) < 4.78 is 99.5. The fraction of sp³-hybridized carbons (Fsp3) is 0. The number of rotatable bonds is 2. The van der Waals surface area contributed by atoms with Gasteiger partial charge in [0.05, 0.1) is 27.5 Å². The maximum Gasteiger partial charge on any atom is 0.488 e. The number of fused-ring (bicyclic) bond motifs is 3. The van der Waals surface area contributed by atoms with Crippen LogP contribution in [0, 0.1) is 0 Å². The van der Waals surface area contributed by atoms with Gasteiger partial charge in [0.25, 0.3) is 0 Å². The Bertz CT molecular complexity index is 1490. The number of benzene rings is 3. The third kappa shape index (κ3) is 1.93. The lowest BCUT2D eigenvalue weighted by Crippen LogP contribution is -2.29. The highest BCUT2D eigenvalue weighted by Crippen LogP contribution is 2.31. The molecule has 0 fully saturated rings. The van der Waals surface area contributed by atoms with E-state index in [9.17, 15) is 10.0 Å². The topological polar surface area (TPSA) is 45.4 Å². The van der Waals surface area contributed by atoms with Crippen LogP contribution in [0.15, 0.2) is 72.5 Å². The SMILES string of the molecule is [2H]c1c([2H])c(B(O)O)c([2H])c(-n2c3c([2H])c([2H])c([2H])c([2H])c3c3c([2H])c([2H])c([2H])c([2H])c32)c1[2H]. The minimum atomic E-state index is -2.39. The van der Waals surface area contributed by atoms with Crippen LogP contribution in [-0.4, -0.2) is 21.7 Å². The molecule has 106 valence electrons. The minimum Gasteiger partial charge on any atom is -0.423 e. The number of nitrogens with zero attached hydrogens (tertiary/aromatic N) is 1. The van der Waals surface area contributed by atoms with Crippen LogP contribution >= 0.6 is 0 Å². The Kier molecular flexibility index (Phi) is 1.27. The van der Waals surface area contributed by atoms with E-state index in [1.54, 1.807) is 0 Å². The van der Waals surface area contributed by atoms with Crippen LogP contribution in [0.25, 0.3) is 27.5 Å². The van der Waals surface area contributed by atoms with E-state index >= 15 is 0 Å². The minimum absolute atomic E-state index is 0.292. The molecule has 22 heavy (non-hydrogen) atoms. The molecule has 0 bridgehead atoms.